The van der Waals surface area contributed by atoms with Crippen LogP contribution in [0.1, 0.15) is 19.8 Å². The molecule has 0 atom stereocenters. The summed E-state index contributed by atoms with van der Waals surface area (Å²) >= 11 is 0. The van der Waals surface area contributed by atoms with E-state index in [1.54, 1.807) is 7.11 Å². The van der Waals surface area contributed by atoms with Gasteiger partial charge in [-0.2, -0.15) is 0 Å². The number of ether oxygens (including phenoxy) is 3. The predicted octanol–water partition coefficient (Wildman–Crippen LogP) is 4.37. The third kappa shape index (κ3) is 5.40. The Balaban J connectivity index is 1.82. The van der Waals surface area contributed by atoms with Crippen LogP contribution in [0.25, 0.3) is 0 Å². The van der Waals surface area contributed by atoms with E-state index < -0.39 is 0 Å². The van der Waals surface area contributed by atoms with E-state index in [-0.39, 0.29) is 0 Å². The van der Waals surface area contributed by atoms with Gasteiger partial charge in [-0.15, -0.1) is 0 Å². The number of benzene rings is 2. The van der Waals surface area contributed by atoms with Crippen LogP contribution in [0.2, 0.25) is 0 Å². The van der Waals surface area contributed by atoms with Crippen molar-refractivity contribution in [2.75, 3.05) is 32.2 Å². The van der Waals surface area contributed by atoms with Crippen molar-refractivity contribution >= 4 is 5.69 Å². The molecule has 0 saturated heterocycles. The normalized spacial score (nSPS) is 10.2. The first-order chi connectivity index (χ1) is 11.3. The van der Waals surface area contributed by atoms with Gasteiger partial charge in [0.25, 0.3) is 0 Å². The predicted molar refractivity (Wildman–Crippen MR) is 93.8 cm³/mol. The molecule has 0 heterocycles. The zero-order valence-corrected chi connectivity index (χ0v) is 13.9. The van der Waals surface area contributed by atoms with Crippen LogP contribution >= 0.6 is 0 Å². The summed E-state index contributed by atoms with van der Waals surface area (Å²) in [6, 6.07) is 15.6. The summed E-state index contributed by atoms with van der Waals surface area (Å²) in [5, 5.41) is 3.36. The minimum Gasteiger partial charge on any atom is -0.493 e. The van der Waals surface area contributed by atoms with Crippen LogP contribution in [-0.4, -0.2) is 26.9 Å². The zero-order chi connectivity index (χ0) is 16.3. The van der Waals surface area contributed by atoms with Gasteiger partial charge in [0.15, 0.2) is 11.5 Å². The Morgan fingerprint density at radius 3 is 2.22 bits per heavy atom. The van der Waals surface area contributed by atoms with Crippen LogP contribution < -0.4 is 19.5 Å². The summed E-state index contributed by atoms with van der Waals surface area (Å²) in [5.41, 5.74) is 0.993. The molecule has 0 aromatic heterocycles. The molecule has 0 amide bonds. The van der Waals surface area contributed by atoms with E-state index in [0.717, 1.165) is 42.4 Å². The highest BCUT2D eigenvalue weighted by Crippen LogP contribution is 2.26. The van der Waals surface area contributed by atoms with Crippen molar-refractivity contribution in [3.8, 4) is 17.2 Å². The fraction of sp³-hybridized carbons (Fsp3) is 0.368. The Kier molecular flexibility index (Phi) is 7.11. The van der Waals surface area contributed by atoms with Crippen molar-refractivity contribution in [1.29, 1.82) is 0 Å². The van der Waals surface area contributed by atoms with Crippen LogP contribution in [-0.2, 0) is 0 Å². The molecule has 0 spiro atoms. The van der Waals surface area contributed by atoms with E-state index in [1.807, 2.05) is 48.5 Å². The summed E-state index contributed by atoms with van der Waals surface area (Å²) in [5.74, 6) is 2.39. The van der Waals surface area contributed by atoms with E-state index in [4.69, 9.17) is 14.2 Å². The molecular weight excluding hydrogens is 290 g/mol. The van der Waals surface area contributed by atoms with Gasteiger partial charge >= 0.3 is 0 Å². The van der Waals surface area contributed by atoms with Crippen LogP contribution in [0, 0.1) is 0 Å². The lowest BCUT2D eigenvalue weighted by molar-refractivity contribution is 0.303. The largest absolute Gasteiger partial charge is 0.493 e. The molecule has 124 valence electrons. The fourth-order valence-electron chi connectivity index (χ4n) is 2.15. The Morgan fingerprint density at radius 1 is 0.826 bits per heavy atom. The first-order valence-electron chi connectivity index (χ1n) is 8.06. The number of hydrogen-bond acceptors (Lipinski definition) is 4. The molecule has 23 heavy (non-hydrogen) atoms. The number of hydrogen-bond donors (Lipinski definition) is 1. The third-order valence-electron chi connectivity index (χ3n) is 3.39. The van der Waals surface area contributed by atoms with E-state index in [9.17, 15) is 0 Å². The maximum Gasteiger partial charge on any atom is 0.161 e. The van der Waals surface area contributed by atoms with Gasteiger partial charge in [-0.1, -0.05) is 37.6 Å². The number of nitrogens with one attached hydrogen (secondary N) is 1. The van der Waals surface area contributed by atoms with Crippen LogP contribution in [0.4, 0.5) is 5.69 Å². The Hall–Kier alpha value is -2.36. The third-order valence-corrected chi connectivity index (χ3v) is 3.39. The van der Waals surface area contributed by atoms with E-state index >= 15 is 0 Å². The number of methoxy groups -OCH3 is 1. The molecule has 0 bridgehead atoms. The molecule has 2 aromatic carbocycles. The second kappa shape index (κ2) is 9.62. The van der Waals surface area contributed by atoms with Crippen LogP contribution in [0.15, 0.2) is 48.5 Å². The average Bonchev–Trinajstić information content (AvgIpc) is 2.60. The van der Waals surface area contributed by atoms with Gasteiger partial charge < -0.3 is 19.5 Å². The Bertz CT molecular complexity index is 586. The SMILES string of the molecule is CCCCOc1ccccc1NCCOc1ccccc1OC. The Morgan fingerprint density at radius 2 is 1.48 bits per heavy atom. The molecule has 0 aliphatic carbocycles. The van der Waals surface area contributed by atoms with Gasteiger partial charge in [0.05, 0.1) is 19.4 Å². The van der Waals surface area contributed by atoms with E-state index in [2.05, 4.69) is 12.2 Å². The minimum atomic E-state index is 0.545. The van der Waals surface area contributed by atoms with Crippen LogP contribution in [0.5, 0.6) is 17.2 Å². The first kappa shape index (κ1) is 17.0. The summed E-state index contributed by atoms with van der Waals surface area (Å²) < 4.78 is 16.8. The van der Waals surface area contributed by atoms with Crippen molar-refractivity contribution in [2.24, 2.45) is 0 Å². The van der Waals surface area contributed by atoms with Gasteiger partial charge in [0.1, 0.15) is 12.4 Å². The van der Waals surface area contributed by atoms with Gasteiger partial charge in [-0.05, 0) is 30.7 Å². The lowest BCUT2D eigenvalue weighted by Crippen LogP contribution is -2.12. The van der Waals surface area contributed by atoms with E-state index in [1.165, 1.54) is 0 Å². The lowest BCUT2D eigenvalue weighted by atomic mass is 10.3. The smallest absolute Gasteiger partial charge is 0.161 e. The summed E-state index contributed by atoms with van der Waals surface area (Å²) in [7, 11) is 1.64. The molecule has 0 saturated carbocycles. The van der Waals surface area contributed by atoms with Gasteiger partial charge in [-0.25, -0.2) is 0 Å². The molecule has 2 rings (SSSR count). The van der Waals surface area contributed by atoms with Crippen LogP contribution in [0.3, 0.4) is 0 Å². The first-order valence-corrected chi connectivity index (χ1v) is 8.06. The summed E-state index contributed by atoms with van der Waals surface area (Å²) in [6.07, 6.45) is 2.19. The highest BCUT2D eigenvalue weighted by atomic mass is 16.5. The monoisotopic (exact) mass is 315 g/mol. The molecule has 1 N–H and O–H groups in total. The number of anilines is 1. The maximum atomic E-state index is 5.81. The quantitative estimate of drug-likeness (QED) is 0.661. The summed E-state index contributed by atoms with van der Waals surface area (Å²) in [6.45, 7) is 4.13. The highest BCUT2D eigenvalue weighted by molar-refractivity contribution is 5.56. The fourth-order valence-corrected chi connectivity index (χ4v) is 2.15. The lowest BCUT2D eigenvalue weighted by Gasteiger charge is -2.14. The summed E-state index contributed by atoms with van der Waals surface area (Å²) in [4.78, 5) is 0. The van der Waals surface area contributed by atoms with Gasteiger partial charge in [0, 0.05) is 6.54 Å². The van der Waals surface area contributed by atoms with Crippen molar-refractivity contribution < 1.29 is 14.2 Å². The van der Waals surface area contributed by atoms with Gasteiger partial charge in [-0.3, -0.25) is 0 Å². The number of rotatable bonds is 10. The molecule has 2 aromatic rings. The molecule has 0 fully saturated rings. The standard InChI is InChI=1S/C19H25NO3/c1-3-4-14-22-17-10-6-5-9-16(17)20-13-15-23-19-12-8-7-11-18(19)21-2/h5-12,20H,3-4,13-15H2,1-2H3. The Labute approximate surface area is 138 Å². The number of para-hydroxylation sites is 4. The van der Waals surface area contributed by atoms with E-state index in [0.29, 0.717) is 13.2 Å². The maximum absolute atomic E-state index is 5.81. The second-order valence-corrected chi connectivity index (χ2v) is 5.12. The molecular formula is C19H25NO3. The molecule has 0 radical (unpaired) electrons. The highest BCUT2D eigenvalue weighted by Gasteiger charge is 2.04. The van der Waals surface area contributed by atoms with Crippen molar-refractivity contribution in [3.63, 3.8) is 0 Å². The second-order valence-electron chi connectivity index (χ2n) is 5.12. The minimum absolute atomic E-state index is 0.545. The molecule has 4 nitrogen and oxygen atoms in total. The molecule has 0 aliphatic heterocycles. The van der Waals surface area contributed by atoms with Crippen molar-refractivity contribution in [3.05, 3.63) is 48.5 Å². The molecule has 0 unspecified atom stereocenters. The molecule has 0 aliphatic rings. The number of unbranched alkanes of at least 4 members (excludes halogenated alkanes) is 1. The molecule has 4 heteroatoms. The van der Waals surface area contributed by atoms with Gasteiger partial charge in [0.2, 0.25) is 0 Å². The average molecular weight is 315 g/mol. The van der Waals surface area contributed by atoms with Crippen molar-refractivity contribution in [2.45, 2.75) is 19.8 Å². The topological polar surface area (TPSA) is 39.7 Å². The van der Waals surface area contributed by atoms with Crippen molar-refractivity contribution in [1.82, 2.24) is 0 Å². The zero-order valence-electron chi connectivity index (χ0n) is 13.9.